The second-order valence-corrected chi connectivity index (χ2v) is 4.80. The molecule has 0 amide bonds. The zero-order valence-electron chi connectivity index (χ0n) is 8.86. The lowest BCUT2D eigenvalue weighted by atomic mass is 9.89. The van der Waals surface area contributed by atoms with Crippen LogP contribution < -0.4 is 0 Å². The van der Waals surface area contributed by atoms with Crippen LogP contribution in [0.15, 0.2) is 24.3 Å². The van der Waals surface area contributed by atoms with Gasteiger partial charge in [0, 0.05) is 18.1 Å². The highest BCUT2D eigenvalue weighted by Gasteiger charge is 2.24. The van der Waals surface area contributed by atoms with Gasteiger partial charge in [-0.15, -0.1) is 0 Å². The topological polar surface area (TPSA) is 23.5 Å². The number of benzene rings is 1. The van der Waals surface area contributed by atoms with E-state index >= 15 is 0 Å². The third-order valence-electron chi connectivity index (χ3n) is 2.95. The second-order valence-electron chi connectivity index (χ2n) is 4.36. The number of aliphatic hydroxyl groups is 1. The molecule has 3 heteroatoms. The number of piperidine rings is 1. The summed E-state index contributed by atoms with van der Waals surface area (Å²) in [5.74, 6) is 0.427. The number of hydrogen-bond acceptors (Lipinski definition) is 2. The van der Waals surface area contributed by atoms with E-state index in [0.29, 0.717) is 5.92 Å². The van der Waals surface area contributed by atoms with Crippen LogP contribution in [0, 0.1) is 0 Å². The van der Waals surface area contributed by atoms with Gasteiger partial charge in [0.2, 0.25) is 0 Å². The second kappa shape index (κ2) is 4.52. The molecular weight excluding hydrogens is 210 g/mol. The number of β-amino-alcohol motifs (C(OH)–C–C–N with tert-alkyl or cyclic N) is 1. The Morgan fingerprint density at radius 1 is 1.27 bits per heavy atom. The van der Waals surface area contributed by atoms with Gasteiger partial charge in [0.05, 0.1) is 6.10 Å². The van der Waals surface area contributed by atoms with Crippen molar-refractivity contribution in [2.24, 2.45) is 0 Å². The summed E-state index contributed by atoms with van der Waals surface area (Å²) in [5, 5.41) is 10.5. The Kier molecular flexibility index (Phi) is 3.29. The van der Waals surface area contributed by atoms with E-state index in [9.17, 15) is 5.11 Å². The maximum Gasteiger partial charge on any atom is 0.0673 e. The maximum atomic E-state index is 9.70. The summed E-state index contributed by atoms with van der Waals surface area (Å²) in [6.07, 6.45) is 0.649. The van der Waals surface area contributed by atoms with E-state index in [-0.39, 0.29) is 6.10 Å². The normalized spacial score (nSPS) is 27.9. The summed E-state index contributed by atoms with van der Waals surface area (Å²) in [4.78, 5) is 2.17. The molecule has 1 aliphatic heterocycles. The van der Waals surface area contributed by atoms with Crippen molar-refractivity contribution in [1.29, 1.82) is 0 Å². The quantitative estimate of drug-likeness (QED) is 0.792. The van der Waals surface area contributed by atoms with Gasteiger partial charge < -0.3 is 10.0 Å². The van der Waals surface area contributed by atoms with E-state index in [1.165, 1.54) is 5.56 Å². The van der Waals surface area contributed by atoms with Gasteiger partial charge in [-0.1, -0.05) is 23.7 Å². The van der Waals surface area contributed by atoms with Crippen molar-refractivity contribution in [3.63, 3.8) is 0 Å². The zero-order chi connectivity index (χ0) is 10.8. The predicted octanol–water partition coefficient (Wildman–Crippen LogP) is 2.12. The minimum atomic E-state index is -0.204. The van der Waals surface area contributed by atoms with E-state index in [1.807, 2.05) is 19.2 Å². The maximum absolute atomic E-state index is 9.70. The molecule has 15 heavy (non-hydrogen) atoms. The van der Waals surface area contributed by atoms with Crippen LogP contribution in [0.3, 0.4) is 0 Å². The highest BCUT2D eigenvalue weighted by Crippen LogP contribution is 2.27. The average molecular weight is 226 g/mol. The first-order chi connectivity index (χ1) is 7.15. The molecule has 1 N–H and O–H groups in total. The van der Waals surface area contributed by atoms with Crippen LogP contribution >= 0.6 is 11.6 Å². The summed E-state index contributed by atoms with van der Waals surface area (Å²) in [6, 6.07) is 7.94. The summed E-state index contributed by atoms with van der Waals surface area (Å²) in [5.41, 5.74) is 1.27. The molecule has 0 spiro atoms. The van der Waals surface area contributed by atoms with Gasteiger partial charge in [0.15, 0.2) is 0 Å². The fourth-order valence-electron chi connectivity index (χ4n) is 2.26. The largest absolute Gasteiger partial charge is 0.392 e. The summed E-state index contributed by atoms with van der Waals surface area (Å²) in [6.45, 7) is 1.79. The number of nitrogens with zero attached hydrogens (tertiary/aromatic N) is 1. The Labute approximate surface area is 95.5 Å². The first-order valence-corrected chi connectivity index (χ1v) is 5.65. The van der Waals surface area contributed by atoms with Crippen molar-refractivity contribution in [3.05, 3.63) is 34.9 Å². The van der Waals surface area contributed by atoms with Crippen LogP contribution in [0.4, 0.5) is 0 Å². The molecule has 1 aliphatic rings. The molecule has 0 radical (unpaired) electrons. The lowest BCUT2D eigenvalue weighted by Crippen LogP contribution is -2.39. The Morgan fingerprint density at radius 2 is 1.93 bits per heavy atom. The number of likely N-dealkylation sites (N-methyl/N-ethyl adjacent to an activating group) is 1. The minimum Gasteiger partial charge on any atom is -0.392 e. The van der Waals surface area contributed by atoms with Crippen molar-refractivity contribution in [3.8, 4) is 0 Å². The van der Waals surface area contributed by atoms with Gasteiger partial charge in [-0.3, -0.25) is 0 Å². The van der Waals surface area contributed by atoms with Crippen molar-refractivity contribution < 1.29 is 5.11 Å². The predicted molar refractivity (Wildman–Crippen MR) is 62.3 cm³/mol. The van der Waals surface area contributed by atoms with Crippen LogP contribution in [-0.4, -0.2) is 36.2 Å². The number of likely N-dealkylation sites (tertiary alicyclic amines) is 1. The van der Waals surface area contributed by atoms with E-state index in [0.717, 1.165) is 24.5 Å². The zero-order valence-corrected chi connectivity index (χ0v) is 9.61. The van der Waals surface area contributed by atoms with Crippen LogP contribution in [0.1, 0.15) is 17.9 Å². The fraction of sp³-hybridized carbons (Fsp3) is 0.500. The number of halogens is 1. The first kappa shape index (κ1) is 10.9. The molecule has 1 aromatic carbocycles. The molecule has 1 heterocycles. The number of hydrogen-bond donors (Lipinski definition) is 1. The van der Waals surface area contributed by atoms with Gasteiger partial charge in [-0.05, 0) is 37.1 Å². The molecule has 0 aliphatic carbocycles. The van der Waals surface area contributed by atoms with Crippen molar-refractivity contribution in [2.45, 2.75) is 18.4 Å². The molecule has 0 unspecified atom stereocenters. The first-order valence-electron chi connectivity index (χ1n) is 5.27. The molecule has 1 saturated heterocycles. The Bertz CT molecular complexity index is 315. The third kappa shape index (κ3) is 2.71. The molecule has 82 valence electrons. The van der Waals surface area contributed by atoms with Gasteiger partial charge in [-0.2, -0.15) is 0 Å². The van der Waals surface area contributed by atoms with Crippen molar-refractivity contribution in [2.75, 3.05) is 20.1 Å². The molecule has 0 bridgehead atoms. The van der Waals surface area contributed by atoms with E-state index in [2.05, 4.69) is 17.0 Å². The standard InChI is InChI=1S/C12H16ClNO/c1-14-7-10(6-12(15)8-14)9-2-4-11(13)5-3-9/h2-5,10,12,15H,6-8H2,1H3/t10-,12+/m0/s1. The summed E-state index contributed by atoms with van der Waals surface area (Å²) in [7, 11) is 2.05. The Hall–Kier alpha value is -0.570. The lowest BCUT2D eigenvalue weighted by Gasteiger charge is -2.33. The van der Waals surface area contributed by atoms with Gasteiger partial charge in [0.25, 0.3) is 0 Å². The summed E-state index contributed by atoms with van der Waals surface area (Å²) >= 11 is 5.85. The van der Waals surface area contributed by atoms with Crippen LogP contribution in [0.5, 0.6) is 0 Å². The van der Waals surface area contributed by atoms with E-state index < -0.39 is 0 Å². The smallest absolute Gasteiger partial charge is 0.0673 e. The van der Waals surface area contributed by atoms with E-state index in [1.54, 1.807) is 0 Å². The summed E-state index contributed by atoms with van der Waals surface area (Å²) < 4.78 is 0. The molecule has 1 aromatic rings. The highest BCUT2D eigenvalue weighted by atomic mass is 35.5. The molecular formula is C12H16ClNO. The molecule has 0 aromatic heterocycles. The third-order valence-corrected chi connectivity index (χ3v) is 3.20. The van der Waals surface area contributed by atoms with Crippen LogP contribution in [0.25, 0.3) is 0 Å². The lowest BCUT2D eigenvalue weighted by molar-refractivity contribution is 0.0725. The minimum absolute atomic E-state index is 0.204. The van der Waals surface area contributed by atoms with Crippen molar-refractivity contribution >= 4 is 11.6 Å². The average Bonchev–Trinajstić information content (AvgIpc) is 2.17. The monoisotopic (exact) mass is 225 g/mol. The molecule has 2 nitrogen and oxygen atoms in total. The fourth-order valence-corrected chi connectivity index (χ4v) is 2.39. The SMILES string of the molecule is CN1C[C@H](O)C[C@H](c2ccc(Cl)cc2)C1. The van der Waals surface area contributed by atoms with Crippen molar-refractivity contribution in [1.82, 2.24) is 4.90 Å². The van der Waals surface area contributed by atoms with Gasteiger partial charge in [0.1, 0.15) is 0 Å². The molecule has 2 rings (SSSR count). The number of rotatable bonds is 1. The van der Waals surface area contributed by atoms with Gasteiger partial charge in [-0.25, -0.2) is 0 Å². The van der Waals surface area contributed by atoms with E-state index in [4.69, 9.17) is 11.6 Å². The molecule has 2 atom stereocenters. The molecule has 0 saturated carbocycles. The Balaban J connectivity index is 2.12. The number of aliphatic hydroxyl groups excluding tert-OH is 1. The van der Waals surface area contributed by atoms with Crippen LogP contribution in [-0.2, 0) is 0 Å². The van der Waals surface area contributed by atoms with Crippen LogP contribution in [0.2, 0.25) is 5.02 Å². The Morgan fingerprint density at radius 3 is 2.53 bits per heavy atom. The highest BCUT2D eigenvalue weighted by molar-refractivity contribution is 6.30. The molecule has 1 fully saturated rings. The van der Waals surface area contributed by atoms with Gasteiger partial charge >= 0.3 is 0 Å².